The summed E-state index contributed by atoms with van der Waals surface area (Å²) in [6, 6.07) is 28.7. The van der Waals surface area contributed by atoms with Gasteiger partial charge in [-0.1, -0.05) is 85.8 Å². The highest BCUT2D eigenvalue weighted by molar-refractivity contribution is 8.02. The topological polar surface area (TPSA) is 17.1 Å². The summed E-state index contributed by atoms with van der Waals surface area (Å²) in [5.74, 6) is 0.929. The summed E-state index contributed by atoms with van der Waals surface area (Å²) in [5.41, 5.74) is 3.42. The molecule has 4 rings (SSSR count). The third-order valence-corrected chi connectivity index (χ3v) is 7.24. The van der Waals surface area contributed by atoms with E-state index in [-0.39, 0.29) is 11.7 Å². The molecule has 3 heteroatoms. The summed E-state index contributed by atoms with van der Waals surface area (Å²) in [6.07, 6.45) is 0. The first-order chi connectivity index (χ1) is 13.2. The van der Waals surface area contributed by atoms with Crippen molar-refractivity contribution in [2.45, 2.75) is 17.1 Å². The van der Waals surface area contributed by atoms with Gasteiger partial charge >= 0.3 is 0 Å². The van der Waals surface area contributed by atoms with Gasteiger partial charge in [0.25, 0.3) is 0 Å². The van der Waals surface area contributed by atoms with Crippen molar-refractivity contribution < 1.29 is 4.79 Å². The lowest BCUT2D eigenvalue weighted by Gasteiger charge is -2.14. The lowest BCUT2D eigenvalue weighted by molar-refractivity contribution is 0.102. The van der Waals surface area contributed by atoms with E-state index in [0.29, 0.717) is 5.75 Å². The van der Waals surface area contributed by atoms with Crippen molar-refractivity contribution in [2.75, 3.05) is 5.75 Å². The third-order valence-electron chi connectivity index (χ3n) is 4.76. The molecule has 0 saturated heterocycles. The molecule has 1 unspecified atom stereocenters. The molecule has 0 radical (unpaired) electrons. The number of thiophene rings is 1. The van der Waals surface area contributed by atoms with Gasteiger partial charge < -0.3 is 0 Å². The van der Waals surface area contributed by atoms with Crippen LogP contribution in [0, 0.1) is 0 Å². The van der Waals surface area contributed by atoms with E-state index in [4.69, 9.17) is 0 Å². The number of hydrogen-bond donors (Lipinski definition) is 0. The minimum absolute atomic E-state index is 0.177. The van der Waals surface area contributed by atoms with Crippen LogP contribution in [0.15, 0.2) is 89.1 Å². The number of ketones is 1. The van der Waals surface area contributed by atoms with Crippen LogP contribution in [0.5, 0.6) is 0 Å². The number of fused-ring (bicyclic) bond motifs is 1. The lowest BCUT2D eigenvalue weighted by Crippen LogP contribution is -2.02. The molecule has 0 saturated carbocycles. The van der Waals surface area contributed by atoms with Gasteiger partial charge in [-0.25, -0.2) is 0 Å². The van der Waals surface area contributed by atoms with Crippen LogP contribution in [0.25, 0.3) is 10.1 Å². The van der Waals surface area contributed by atoms with Crippen LogP contribution in [0.3, 0.4) is 0 Å². The monoisotopic (exact) mass is 388 g/mol. The third kappa shape index (κ3) is 3.85. The van der Waals surface area contributed by atoms with Crippen molar-refractivity contribution in [1.29, 1.82) is 0 Å². The maximum absolute atomic E-state index is 12.6. The molecule has 134 valence electrons. The van der Waals surface area contributed by atoms with E-state index in [1.165, 1.54) is 25.4 Å². The Hall–Kier alpha value is -2.36. The van der Waals surface area contributed by atoms with Crippen LogP contribution in [0.1, 0.15) is 34.3 Å². The van der Waals surface area contributed by atoms with E-state index in [0.717, 1.165) is 5.56 Å². The standard InChI is InChI=1S/C24H20OS2/c1-17(18-10-4-2-5-11-18)23-20-14-8-9-15-22(20)27-24(23)26-16-21(25)19-12-6-3-7-13-19/h2-15,17H,16H2,1H3. The Morgan fingerprint density at radius 3 is 2.26 bits per heavy atom. The molecule has 0 bridgehead atoms. The Bertz CT molecular complexity index is 1050. The molecule has 27 heavy (non-hydrogen) atoms. The molecule has 0 N–H and O–H groups in total. The maximum atomic E-state index is 12.6. The molecule has 1 nitrogen and oxygen atoms in total. The van der Waals surface area contributed by atoms with Crippen molar-refractivity contribution >= 4 is 39.0 Å². The average Bonchev–Trinajstić information content (AvgIpc) is 3.11. The molecule has 1 atom stereocenters. The molecule has 3 aromatic carbocycles. The van der Waals surface area contributed by atoms with Crippen LogP contribution < -0.4 is 0 Å². The van der Waals surface area contributed by atoms with E-state index in [9.17, 15) is 4.79 Å². The number of rotatable bonds is 6. The summed E-state index contributed by atoms with van der Waals surface area (Å²) in [6.45, 7) is 2.26. The molecule has 0 aliphatic carbocycles. The zero-order valence-electron chi connectivity index (χ0n) is 15.1. The smallest absolute Gasteiger partial charge is 0.173 e. The van der Waals surface area contributed by atoms with E-state index < -0.39 is 0 Å². The molecule has 0 aliphatic heterocycles. The summed E-state index contributed by atoms with van der Waals surface area (Å²) >= 11 is 3.46. The molecule has 0 fully saturated rings. The Morgan fingerprint density at radius 2 is 1.52 bits per heavy atom. The molecule has 0 amide bonds. The molecular formula is C24H20OS2. The zero-order chi connectivity index (χ0) is 18.6. The summed E-state index contributed by atoms with van der Waals surface area (Å²) in [4.78, 5) is 12.6. The zero-order valence-corrected chi connectivity index (χ0v) is 16.7. The highest BCUT2D eigenvalue weighted by Crippen LogP contribution is 2.44. The SMILES string of the molecule is CC(c1ccccc1)c1c(SCC(=O)c2ccccc2)sc2ccccc12. The second-order valence-corrected chi connectivity index (χ2v) is 8.81. The van der Waals surface area contributed by atoms with Gasteiger partial charge in [0.1, 0.15) is 0 Å². The van der Waals surface area contributed by atoms with E-state index in [2.05, 4.69) is 61.5 Å². The highest BCUT2D eigenvalue weighted by Gasteiger charge is 2.20. The Labute approximate surface area is 168 Å². The van der Waals surface area contributed by atoms with E-state index in [1.807, 2.05) is 30.3 Å². The maximum Gasteiger partial charge on any atom is 0.173 e. The first kappa shape index (κ1) is 18.0. The number of carbonyl (C=O) groups is 1. The van der Waals surface area contributed by atoms with Gasteiger partial charge in [-0.15, -0.1) is 23.1 Å². The fourth-order valence-corrected chi connectivity index (χ4v) is 5.89. The number of Topliss-reactive ketones (excluding diaryl/α,β-unsaturated/α-hetero) is 1. The van der Waals surface area contributed by atoms with Crippen molar-refractivity contribution in [3.63, 3.8) is 0 Å². The first-order valence-electron chi connectivity index (χ1n) is 9.01. The van der Waals surface area contributed by atoms with Crippen molar-refractivity contribution in [2.24, 2.45) is 0 Å². The van der Waals surface area contributed by atoms with Gasteiger partial charge in [-0.3, -0.25) is 4.79 Å². The molecule has 0 aliphatic rings. The Balaban J connectivity index is 1.67. The van der Waals surface area contributed by atoms with Gasteiger partial charge in [0.2, 0.25) is 0 Å². The number of carbonyl (C=O) groups excluding carboxylic acids is 1. The molecule has 0 spiro atoms. The van der Waals surface area contributed by atoms with Gasteiger partial charge in [-0.05, 0) is 22.6 Å². The second kappa shape index (κ2) is 8.12. The van der Waals surface area contributed by atoms with Crippen LogP contribution >= 0.6 is 23.1 Å². The number of hydrogen-bond acceptors (Lipinski definition) is 3. The van der Waals surface area contributed by atoms with Crippen molar-refractivity contribution in [3.8, 4) is 0 Å². The van der Waals surface area contributed by atoms with Gasteiger partial charge in [0.05, 0.1) is 9.96 Å². The summed E-state index contributed by atoms with van der Waals surface area (Å²) in [7, 11) is 0. The Morgan fingerprint density at radius 1 is 0.889 bits per heavy atom. The molecular weight excluding hydrogens is 368 g/mol. The largest absolute Gasteiger partial charge is 0.293 e. The van der Waals surface area contributed by atoms with Gasteiger partial charge in [0, 0.05) is 16.2 Å². The van der Waals surface area contributed by atoms with Crippen LogP contribution in [-0.4, -0.2) is 11.5 Å². The molecule has 1 aromatic heterocycles. The molecule has 4 aromatic rings. The number of thioether (sulfide) groups is 1. The van der Waals surface area contributed by atoms with Gasteiger partial charge in [0.15, 0.2) is 5.78 Å². The quantitative estimate of drug-likeness (QED) is 0.260. The average molecular weight is 389 g/mol. The predicted molar refractivity (Wildman–Crippen MR) is 117 cm³/mol. The lowest BCUT2D eigenvalue weighted by atomic mass is 9.93. The van der Waals surface area contributed by atoms with E-state index >= 15 is 0 Å². The molecule has 1 heterocycles. The fraction of sp³-hybridized carbons (Fsp3) is 0.125. The van der Waals surface area contributed by atoms with E-state index in [1.54, 1.807) is 23.1 Å². The van der Waals surface area contributed by atoms with Crippen molar-refractivity contribution in [1.82, 2.24) is 0 Å². The summed E-state index contributed by atoms with van der Waals surface area (Å²) < 4.78 is 2.53. The van der Waals surface area contributed by atoms with Crippen LogP contribution in [0.4, 0.5) is 0 Å². The predicted octanol–water partition coefficient (Wildman–Crippen LogP) is 7.03. The van der Waals surface area contributed by atoms with Crippen LogP contribution in [-0.2, 0) is 0 Å². The minimum Gasteiger partial charge on any atom is -0.293 e. The highest BCUT2D eigenvalue weighted by atomic mass is 32.2. The van der Waals surface area contributed by atoms with Crippen LogP contribution in [0.2, 0.25) is 0 Å². The number of benzene rings is 3. The Kier molecular flexibility index (Phi) is 5.42. The normalized spacial score (nSPS) is 12.2. The second-order valence-electron chi connectivity index (χ2n) is 6.51. The fourth-order valence-electron chi connectivity index (χ4n) is 3.31. The first-order valence-corrected chi connectivity index (χ1v) is 10.8. The minimum atomic E-state index is 0.177. The van der Waals surface area contributed by atoms with Gasteiger partial charge in [-0.2, -0.15) is 0 Å². The van der Waals surface area contributed by atoms with Crippen molar-refractivity contribution in [3.05, 3.63) is 102 Å². The summed E-state index contributed by atoms with van der Waals surface area (Å²) in [5, 5.41) is 1.30.